The fourth-order valence-corrected chi connectivity index (χ4v) is 2.58. The molecule has 2 aromatic rings. The molecule has 0 saturated heterocycles. The van der Waals surface area contributed by atoms with Crippen LogP contribution in [0, 0.1) is 0 Å². The SMILES string of the molecule is FC(F)(F)[C@@H]1CNCc2c3ccc(Br)cc3nn21. The quantitative estimate of drug-likeness (QED) is 0.809. The predicted molar refractivity (Wildman–Crippen MR) is 64.2 cm³/mol. The summed E-state index contributed by atoms with van der Waals surface area (Å²) in [5.41, 5.74) is 1.17. The largest absolute Gasteiger partial charge is 0.412 e. The van der Waals surface area contributed by atoms with Gasteiger partial charge in [-0.15, -0.1) is 0 Å². The average Bonchev–Trinajstić information content (AvgIpc) is 2.64. The number of nitrogens with one attached hydrogen (secondary N) is 1. The van der Waals surface area contributed by atoms with Gasteiger partial charge in [0.25, 0.3) is 0 Å². The maximum atomic E-state index is 12.9. The monoisotopic (exact) mass is 319 g/mol. The van der Waals surface area contributed by atoms with Crippen molar-refractivity contribution in [2.45, 2.75) is 18.8 Å². The normalized spacial score (nSPS) is 20.1. The number of fused-ring (bicyclic) bond motifs is 3. The van der Waals surface area contributed by atoms with Crippen molar-refractivity contribution in [2.75, 3.05) is 6.54 Å². The van der Waals surface area contributed by atoms with Gasteiger partial charge in [0.05, 0.1) is 11.2 Å². The van der Waals surface area contributed by atoms with Gasteiger partial charge in [-0.05, 0) is 18.2 Å². The molecule has 0 aliphatic carbocycles. The minimum Gasteiger partial charge on any atom is -0.309 e. The molecule has 0 unspecified atom stereocenters. The molecule has 1 aliphatic rings. The highest BCUT2D eigenvalue weighted by molar-refractivity contribution is 9.10. The van der Waals surface area contributed by atoms with Crippen molar-refractivity contribution in [2.24, 2.45) is 0 Å². The molecule has 3 nitrogen and oxygen atoms in total. The number of nitrogens with zero attached hydrogens (tertiary/aromatic N) is 2. The second-order valence-electron chi connectivity index (χ2n) is 4.24. The van der Waals surface area contributed by atoms with Crippen LogP contribution in [0.15, 0.2) is 22.7 Å². The maximum Gasteiger partial charge on any atom is 0.412 e. The topological polar surface area (TPSA) is 29.9 Å². The van der Waals surface area contributed by atoms with E-state index in [0.717, 1.165) is 14.5 Å². The lowest BCUT2D eigenvalue weighted by molar-refractivity contribution is -0.171. The van der Waals surface area contributed by atoms with Gasteiger partial charge in [-0.1, -0.05) is 15.9 Å². The van der Waals surface area contributed by atoms with E-state index in [2.05, 4.69) is 26.3 Å². The van der Waals surface area contributed by atoms with Crippen LogP contribution in [0.3, 0.4) is 0 Å². The van der Waals surface area contributed by atoms with E-state index in [1.54, 1.807) is 12.1 Å². The van der Waals surface area contributed by atoms with E-state index in [9.17, 15) is 13.2 Å². The van der Waals surface area contributed by atoms with Crippen molar-refractivity contribution in [3.8, 4) is 0 Å². The van der Waals surface area contributed by atoms with Crippen molar-refractivity contribution in [3.05, 3.63) is 28.4 Å². The molecular formula is C11H9BrF3N3. The first-order chi connectivity index (χ1) is 8.47. The Kier molecular flexibility index (Phi) is 2.63. The molecule has 0 spiro atoms. The van der Waals surface area contributed by atoms with Crippen LogP contribution >= 0.6 is 15.9 Å². The van der Waals surface area contributed by atoms with Crippen molar-refractivity contribution in [1.29, 1.82) is 0 Å². The average molecular weight is 320 g/mol. The first-order valence-electron chi connectivity index (χ1n) is 5.41. The molecule has 0 radical (unpaired) electrons. The molecule has 18 heavy (non-hydrogen) atoms. The van der Waals surface area contributed by atoms with E-state index in [4.69, 9.17) is 0 Å². The Morgan fingerprint density at radius 3 is 2.89 bits per heavy atom. The summed E-state index contributed by atoms with van der Waals surface area (Å²) in [6, 6.07) is 3.74. The molecule has 0 bridgehead atoms. The number of hydrogen-bond donors (Lipinski definition) is 1. The Hall–Kier alpha value is -1.08. The summed E-state index contributed by atoms with van der Waals surface area (Å²) in [4.78, 5) is 0. The Morgan fingerprint density at radius 2 is 2.17 bits per heavy atom. The number of aromatic nitrogens is 2. The van der Waals surface area contributed by atoms with Gasteiger partial charge >= 0.3 is 6.18 Å². The second kappa shape index (κ2) is 3.96. The van der Waals surface area contributed by atoms with E-state index in [-0.39, 0.29) is 6.54 Å². The maximum absolute atomic E-state index is 12.9. The lowest BCUT2D eigenvalue weighted by Crippen LogP contribution is -2.41. The predicted octanol–water partition coefficient (Wildman–Crippen LogP) is 3.01. The van der Waals surface area contributed by atoms with Crippen molar-refractivity contribution in [3.63, 3.8) is 0 Å². The zero-order valence-corrected chi connectivity index (χ0v) is 10.7. The molecule has 1 atom stereocenters. The Labute approximate surface area is 109 Å². The highest BCUT2D eigenvalue weighted by Crippen LogP contribution is 2.35. The van der Waals surface area contributed by atoms with Crippen molar-refractivity contribution < 1.29 is 13.2 Å². The molecule has 1 N–H and O–H groups in total. The molecule has 0 amide bonds. The third-order valence-electron chi connectivity index (χ3n) is 3.07. The van der Waals surface area contributed by atoms with Crippen LogP contribution in [0.25, 0.3) is 10.9 Å². The summed E-state index contributed by atoms with van der Waals surface area (Å²) in [6.45, 7) is 0.274. The van der Waals surface area contributed by atoms with Crippen molar-refractivity contribution >= 4 is 26.8 Å². The lowest BCUT2D eigenvalue weighted by atomic mass is 10.1. The van der Waals surface area contributed by atoms with Gasteiger partial charge in [-0.2, -0.15) is 18.3 Å². The summed E-state index contributed by atoms with van der Waals surface area (Å²) in [5.74, 6) is 0. The fraction of sp³-hybridized carbons (Fsp3) is 0.364. The molecule has 7 heteroatoms. The number of benzene rings is 1. The highest BCUT2D eigenvalue weighted by atomic mass is 79.9. The second-order valence-corrected chi connectivity index (χ2v) is 5.16. The molecule has 0 fully saturated rings. The van der Waals surface area contributed by atoms with E-state index >= 15 is 0 Å². The molecule has 1 aromatic heterocycles. The summed E-state index contributed by atoms with van der Waals surface area (Å²) in [7, 11) is 0. The van der Waals surface area contributed by atoms with E-state index in [0.29, 0.717) is 17.8 Å². The van der Waals surface area contributed by atoms with Gasteiger partial charge in [-0.3, -0.25) is 4.68 Å². The van der Waals surface area contributed by atoms with Crippen LogP contribution in [0.4, 0.5) is 13.2 Å². The molecule has 96 valence electrons. The molecule has 3 rings (SSSR count). The number of rotatable bonds is 0. The third-order valence-corrected chi connectivity index (χ3v) is 3.56. The van der Waals surface area contributed by atoms with Crippen LogP contribution in [0.5, 0.6) is 0 Å². The van der Waals surface area contributed by atoms with Gasteiger partial charge in [0.1, 0.15) is 0 Å². The van der Waals surface area contributed by atoms with Gasteiger partial charge in [0.2, 0.25) is 0 Å². The number of halogens is 4. The summed E-state index contributed by atoms with van der Waals surface area (Å²) >= 11 is 3.29. The molecular weight excluding hydrogens is 311 g/mol. The summed E-state index contributed by atoms with van der Waals surface area (Å²) in [5, 5.41) is 7.65. The van der Waals surface area contributed by atoms with Crippen LogP contribution in [-0.2, 0) is 6.54 Å². The number of alkyl halides is 3. The van der Waals surface area contributed by atoms with Crippen LogP contribution in [0.1, 0.15) is 11.7 Å². The number of hydrogen-bond acceptors (Lipinski definition) is 2. The summed E-state index contributed by atoms with van der Waals surface area (Å²) in [6.07, 6.45) is -4.29. The Morgan fingerprint density at radius 1 is 1.39 bits per heavy atom. The highest BCUT2D eigenvalue weighted by Gasteiger charge is 2.44. The fourth-order valence-electron chi connectivity index (χ4n) is 2.23. The minimum absolute atomic E-state index is 0.133. The molecule has 2 heterocycles. The Balaban J connectivity index is 2.21. The summed E-state index contributed by atoms with van der Waals surface area (Å²) < 4.78 is 40.7. The van der Waals surface area contributed by atoms with Crippen LogP contribution in [0.2, 0.25) is 0 Å². The smallest absolute Gasteiger partial charge is 0.309 e. The first-order valence-corrected chi connectivity index (χ1v) is 6.20. The van der Waals surface area contributed by atoms with Gasteiger partial charge in [0, 0.05) is 22.9 Å². The van der Waals surface area contributed by atoms with E-state index in [1.807, 2.05) is 6.07 Å². The van der Waals surface area contributed by atoms with Crippen molar-refractivity contribution in [1.82, 2.24) is 15.1 Å². The zero-order chi connectivity index (χ0) is 12.9. The Bertz CT molecular complexity index is 605. The standard InChI is InChI=1S/C11H9BrF3N3/c12-6-1-2-7-8(3-6)17-18-9(7)4-16-5-10(18)11(13,14)15/h1-3,10,16H,4-5H2/t10-/m0/s1. The first kappa shape index (κ1) is 12.0. The molecule has 0 saturated carbocycles. The van der Waals surface area contributed by atoms with Crippen LogP contribution in [-0.4, -0.2) is 22.5 Å². The zero-order valence-electron chi connectivity index (χ0n) is 9.13. The molecule has 1 aromatic carbocycles. The van der Waals surface area contributed by atoms with Gasteiger partial charge in [0.15, 0.2) is 6.04 Å². The van der Waals surface area contributed by atoms with E-state index in [1.165, 1.54) is 0 Å². The molecule has 1 aliphatic heterocycles. The van der Waals surface area contributed by atoms with Crippen LogP contribution < -0.4 is 5.32 Å². The third kappa shape index (κ3) is 1.81. The minimum atomic E-state index is -4.29. The lowest BCUT2D eigenvalue weighted by Gasteiger charge is -2.27. The van der Waals surface area contributed by atoms with E-state index < -0.39 is 12.2 Å². The van der Waals surface area contributed by atoms with Gasteiger partial charge in [-0.25, -0.2) is 0 Å². The van der Waals surface area contributed by atoms with Gasteiger partial charge < -0.3 is 5.32 Å².